The van der Waals surface area contributed by atoms with Crippen LogP contribution in [0.3, 0.4) is 0 Å². The molecule has 1 saturated heterocycles. The average Bonchev–Trinajstić information content (AvgIpc) is 2.63. The molecule has 16 heavy (non-hydrogen) atoms. The Morgan fingerprint density at radius 1 is 1.50 bits per heavy atom. The summed E-state index contributed by atoms with van der Waals surface area (Å²) in [5.41, 5.74) is 0. The summed E-state index contributed by atoms with van der Waals surface area (Å²) in [4.78, 5) is 0. The molecule has 2 atom stereocenters. The van der Waals surface area contributed by atoms with E-state index in [9.17, 15) is 4.21 Å². The molecular formula is C9H8Cl2O4S. The molecule has 0 N–H and O–H groups in total. The van der Waals surface area contributed by atoms with E-state index >= 15 is 0 Å². The first-order valence-electron chi connectivity index (χ1n) is 4.45. The highest BCUT2D eigenvalue weighted by atomic mass is 35.5. The van der Waals surface area contributed by atoms with E-state index in [4.69, 9.17) is 36.3 Å². The SMILES string of the molecule is O=[S@@]1OC[C@@H](COc2ccc(Cl)cc2Cl)O1. The third kappa shape index (κ3) is 3.09. The number of hydrogen-bond acceptors (Lipinski definition) is 4. The van der Waals surface area contributed by atoms with Gasteiger partial charge in [0.25, 0.3) is 0 Å². The Kier molecular flexibility index (Phi) is 4.05. The summed E-state index contributed by atoms with van der Waals surface area (Å²) >= 11 is 9.99. The molecule has 0 spiro atoms. The van der Waals surface area contributed by atoms with E-state index in [1.54, 1.807) is 18.2 Å². The van der Waals surface area contributed by atoms with Crippen molar-refractivity contribution in [2.45, 2.75) is 6.10 Å². The van der Waals surface area contributed by atoms with Gasteiger partial charge in [-0.15, -0.1) is 0 Å². The Hall–Kier alpha value is -0.330. The van der Waals surface area contributed by atoms with Gasteiger partial charge in [-0.3, -0.25) is 8.37 Å². The average molecular weight is 283 g/mol. The number of ether oxygens (including phenoxy) is 1. The Morgan fingerprint density at radius 2 is 2.31 bits per heavy atom. The lowest BCUT2D eigenvalue weighted by Gasteiger charge is -2.10. The number of hydrogen-bond donors (Lipinski definition) is 0. The number of rotatable bonds is 3. The molecule has 7 heteroatoms. The highest BCUT2D eigenvalue weighted by molar-refractivity contribution is 7.75. The third-order valence-electron chi connectivity index (χ3n) is 1.88. The maximum Gasteiger partial charge on any atom is 0.305 e. The van der Waals surface area contributed by atoms with Gasteiger partial charge in [-0.25, -0.2) is 0 Å². The van der Waals surface area contributed by atoms with Crippen LogP contribution in [0.5, 0.6) is 5.75 Å². The molecule has 1 aromatic carbocycles. The lowest BCUT2D eigenvalue weighted by Crippen LogP contribution is -2.19. The molecule has 0 amide bonds. The maximum atomic E-state index is 10.7. The van der Waals surface area contributed by atoms with Crippen LogP contribution in [-0.4, -0.2) is 23.5 Å². The molecule has 0 bridgehead atoms. The first kappa shape index (κ1) is 12.1. The van der Waals surface area contributed by atoms with Gasteiger partial charge in [0.05, 0.1) is 11.6 Å². The molecule has 0 unspecified atom stereocenters. The summed E-state index contributed by atoms with van der Waals surface area (Å²) in [6.07, 6.45) is -0.340. The summed E-state index contributed by atoms with van der Waals surface area (Å²) in [5.74, 6) is 0.507. The van der Waals surface area contributed by atoms with E-state index in [0.29, 0.717) is 15.8 Å². The zero-order chi connectivity index (χ0) is 11.5. The molecule has 88 valence electrons. The van der Waals surface area contributed by atoms with Crippen molar-refractivity contribution < 1.29 is 17.3 Å². The van der Waals surface area contributed by atoms with Gasteiger partial charge in [0.2, 0.25) is 0 Å². The van der Waals surface area contributed by atoms with Crippen molar-refractivity contribution in [3.05, 3.63) is 28.2 Å². The molecule has 0 aromatic heterocycles. The standard InChI is InChI=1S/C9H8Cl2O4S/c10-6-1-2-9(8(11)3-6)13-4-7-5-14-16(12)15-7/h1-3,7H,4-5H2/t7-,16-/m1/s1. The highest BCUT2D eigenvalue weighted by Gasteiger charge is 2.24. The molecular weight excluding hydrogens is 275 g/mol. The Balaban J connectivity index is 1.92. The van der Waals surface area contributed by atoms with Gasteiger partial charge < -0.3 is 4.74 Å². The topological polar surface area (TPSA) is 44.8 Å². The van der Waals surface area contributed by atoms with E-state index in [0.717, 1.165) is 0 Å². The van der Waals surface area contributed by atoms with Crippen LogP contribution in [-0.2, 0) is 19.7 Å². The van der Waals surface area contributed by atoms with Gasteiger partial charge in [0.15, 0.2) is 0 Å². The number of benzene rings is 1. The number of halogens is 2. The fraction of sp³-hybridized carbons (Fsp3) is 0.333. The quantitative estimate of drug-likeness (QED) is 0.854. The van der Waals surface area contributed by atoms with Crippen LogP contribution in [0.15, 0.2) is 18.2 Å². The van der Waals surface area contributed by atoms with Crippen molar-refractivity contribution in [1.82, 2.24) is 0 Å². The van der Waals surface area contributed by atoms with E-state index in [-0.39, 0.29) is 19.3 Å². The molecule has 2 rings (SSSR count). The van der Waals surface area contributed by atoms with Crippen LogP contribution in [0.1, 0.15) is 0 Å². The van der Waals surface area contributed by atoms with Gasteiger partial charge in [0, 0.05) is 5.02 Å². The normalized spacial score (nSPS) is 24.6. The van der Waals surface area contributed by atoms with E-state index < -0.39 is 11.4 Å². The summed E-state index contributed by atoms with van der Waals surface area (Å²) < 4.78 is 25.8. The van der Waals surface area contributed by atoms with Crippen LogP contribution >= 0.6 is 23.2 Å². The van der Waals surface area contributed by atoms with E-state index in [2.05, 4.69) is 0 Å². The molecule has 1 fully saturated rings. The van der Waals surface area contributed by atoms with Crippen molar-refractivity contribution in [3.63, 3.8) is 0 Å². The predicted octanol–water partition coefficient (Wildman–Crippen LogP) is 2.37. The predicted molar refractivity (Wildman–Crippen MR) is 60.9 cm³/mol. The van der Waals surface area contributed by atoms with Gasteiger partial charge in [-0.1, -0.05) is 23.2 Å². The van der Waals surface area contributed by atoms with Crippen molar-refractivity contribution >= 4 is 34.6 Å². The van der Waals surface area contributed by atoms with Crippen LogP contribution in [0.2, 0.25) is 10.0 Å². The fourth-order valence-corrected chi connectivity index (χ4v) is 2.26. The molecule has 1 heterocycles. The van der Waals surface area contributed by atoms with Crippen molar-refractivity contribution in [2.24, 2.45) is 0 Å². The molecule has 0 saturated carbocycles. The second-order valence-corrected chi connectivity index (χ2v) is 4.77. The Labute approximate surface area is 105 Å². The smallest absolute Gasteiger partial charge is 0.305 e. The zero-order valence-electron chi connectivity index (χ0n) is 8.02. The van der Waals surface area contributed by atoms with E-state index in [1.165, 1.54) is 0 Å². The summed E-state index contributed by atoms with van der Waals surface area (Å²) in [5, 5.41) is 0.964. The second kappa shape index (κ2) is 5.33. The second-order valence-electron chi connectivity index (χ2n) is 3.09. The van der Waals surface area contributed by atoms with Gasteiger partial charge in [-0.05, 0) is 18.2 Å². The third-order valence-corrected chi connectivity index (χ3v) is 3.17. The molecule has 4 nitrogen and oxygen atoms in total. The summed E-state index contributed by atoms with van der Waals surface area (Å²) in [6.45, 7) is 0.477. The highest BCUT2D eigenvalue weighted by Crippen LogP contribution is 2.27. The summed E-state index contributed by atoms with van der Waals surface area (Å²) in [7, 11) is 0. The van der Waals surface area contributed by atoms with Crippen LogP contribution in [0, 0.1) is 0 Å². The van der Waals surface area contributed by atoms with Crippen molar-refractivity contribution in [3.8, 4) is 5.75 Å². The fourth-order valence-electron chi connectivity index (χ4n) is 1.15. The lowest BCUT2D eigenvalue weighted by atomic mass is 10.3. The van der Waals surface area contributed by atoms with Crippen LogP contribution in [0.25, 0.3) is 0 Å². The van der Waals surface area contributed by atoms with Crippen LogP contribution < -0.4 is 4.74 Å². The summed E-state index contributed by atoms with van der Waals surface area (Å²) in [6, 6.07) is 4.92. The maximum absolute atomic E-state index is 10.7. The van der Waals surface area contributed by atoms with Gasteiger partial charge in [0.1, 0.15) is 18.5 Å². The van der Waals surface area contributed by atoms with Gasteiger partial charge in [-0.2, -0.15) is 4.21 Å². The first-order chi connectivity index (χ1) is 7.65. The molecule has 1 aliphatic heterocycles. The zero-order valence-corrected chi connectivity index (χ0v) is 10.3. The minimum Gasteiger partial charge on any atom is -0.489 e. The molecule has 0 radical (unpaired) electrons. The minimum absolute atomic E-state index is 0.229. The monoisotopic (exact) mass is 282 g/mol. The van der Waals surface area contributed by atoms with E-state index in [1.807, 2.05) is 0 Å². The van der Waals surface area contributed by atoms with Crippen molar-refractivity contribution in [2.75, 3.05) is 13.2 Å². The molecule has 1 aliphatic rings. The minimum atomic E-state index is -1.65. The molecule has 1 aromatic rings. The van der Waals surface area contributed by atoms with Gasteiger partial charge >= 0.3 is 11.4 Å². The molecule has 0 aliphatic carbocycles. The lowest BCUT2D eigenvalue weighted by molar-refractivity contribution is 0.151. The van der Waals surface area contributed by atoms with Crippen LogP contribution in [0.4, 0.5) is 0 Å². The largest absolute Gasteiger partial charge is 0.489 e. The Morgan fingerprint density at radius 3 is 2.94 bits per heavy atom. The van der Waals surface area contributed by atoms with Crippen molar-refractivity contribution in [1.29, 1.82) is 0 Å². The Bertz CT molecular complexity index is 412. The first-order valence-corrected chi connectivity index (χ1v) is 6.21.